The molecular formula is C3H5F5S. The number of halogens is 5. The van der Waals surface area contributed by atoms with Crippen molar-refractivity contribution in [3.8, 4) is 0 Å². The van der Waals surface area contributed by atoms with Gasteiger partial charge in [0.25, 0.3) is 0 Å². The van der Waals surface area contributed by atoms with Crippen LogP contribution >= 0.6 is 13.5 Å². The largest absolute Gasteiger partial charge is 0.394 e. The van der Waals surface area contributed by atoms with Crippen LogP contribution in [0.4, 0.5) is 22.0 Å². The molecule has 0 heterocycles. The Labute approximate surface area is 55.5 Å². The van der Waals surface area contributed by atoms with Crippen molar-refractivity contribution in [2.24, 2.45) is 0 Å². The van der Waals surface area contributed by atoms with E-state index < -0.39 is 19.0 Å². The first kappa shape index (κ1) is 11.8. The van der Waals surface area contributed by atoms with Crippen molar-refractivity contribution in [2.45, 2.75) is 19.0 Å². The van der Waals surface area contributed by atoms with Gasteiger partial charge in [-0.25, -0.2) is 8.78 Å². The van der Waals surface area contributed by atoms with E-state index in [0.717, 1.165) is 0 Å². The first-order valence-corrected chi connectivity index (χ1v) is 1.77. The lowest BCUT2D eigenvalue weighted by Crippen LogP contribution is -2.12. The second kappa shape index (κ2) is 3.92. The maximum Gasteiger partial charge on any atom is 0.394 e. The van der Waals surface area contributed by atoms with Gasteiger partial charge in [-0.05, 0) is 0 Å². The quantitative estimate of drug-likeness (QED) is 0.527. The molecular weight excluding hydrogens is 163 g/mol. The van der Waals surface area contributed by atoms with Crippen LogP contribution in [0, 0.1) is 0 Å². The van der Waals surface area contributed by atoms with Crippen molar-refractivity contribution in [1.29, 1.82) is 0 Å². The summed E-state index contributed by atoms with van der Waals surface area (Å²) in [4.78, 5) is 0. The molecule has 0 radical (unpaired) electrons. The average Bonchev–Trinajstić information content (AvgIpc) is 1.21. The van der Waals surface area contributed by atoms with Crippen LogP contribution in [0.2, 0.25) is 0 Å². The topological polar surface area (TPSA) is 0 Å². The summed E-state index contributed by atoms with van der Waals surface area (Å²) in [5.74, 6) is 0. The Balaban J connectivity index is 0. The van der Waals surface area contributed by atoms with Crippen molar-refractivity contribution in [1.82, 2.24) is 0 Å². The Morgan fingerprint density at radius 1 is 1.11 bits per heavy atom. The van der Waals surface area contributed by atoms with E-state index in [0.29, 0.717) is 0 Å². The van der Waals surface area contributed by atoms with Crippen molar-refractivity contribution >= 4 is 13.5 Å². The van der Waals surface area contributed by atoms with E-state index >= 15 is 0 Å². The van der Waals surface area contributed by atoms with Crippen LogP contribution in [0.25, 0.3) is 0 Å². The van der Waals surface area contributed by atoms with Crippen LogP contribution < -0.4 is 0 Å². The van der Waals surface area contributed by atoms with Crippen LogP contribution in [0.1, 0.15) is 6.42 Å². The van der Waals surface area contributed by atoms with E-state index in [1.807, 2.05) is 0 Å². The third-order valence-electron chi connectivity index (χ3n) is 0.386. The smallest absolute Gasteiger partial charge is 0.210 e. The molecule has 0 spiro atoms. The summed E-state index contributed by atoms with van der Waals surface area (Å²) in [5.41, 5.74) is 0. The van der Waals surface area contributed by atoms with Gasteiger partial charge in [0, 0.05) is 0 Å². The standard InChI is InChI=1S/C3H3F5.H2S/c4-2(5)1-3(6,7)8;/h2H,1H2;1H2. The van der Waals surface area contributed by atoms with Crippen molar-refractivity contribution in [3.05, 3.63) is 0 Å². The fourth-order valence-electron chi connectivity index (χ4n) is 0.175. The first-order valence-electron chi connectivity index (χ1n) is 1.77. The van der Waals surface area contributed by atoms with Gasteiger partial charge in [-0.2, -0.15) is 26.7 Å². The predicted octanol–water partition coefficient (Wildman–Crippen LogP) is 2.32. The van der Waals surface area contributed by atoms with E-state index in [1.165, 1.54) is 0 Å². The molecule has 0 aliphatic rings. The Morgan fingerprint density at radius 2 is 1.44 bits per heavy atom. The zero-order chi connectivity index (χ0) is 6.78. The minimum Gasteiger partial charge on any atom is -0.210 e. The third-order valence-corrected chi connectivity index (χ3v) is 0.386. The summed E-state index contributed by atoms with van der Waals surface area (Å²) in [6, 6.07) is 0. The predicted molar refractivity (Wildman–Crippen MR) is 27.1 cm³/mol. The van der Waals surface area contributed by atoms with E-state index in [-0.39, 0.29) is 13.5 Å². The Morgan fingerprint density at radius 3 is 1.44 bits per heavy atom. The van der Waals surface area contributed by atoms with Crippen LogP contribution in [-0.2, 0) is 0 Å². The average molecular weight is 168 g/mol. The highest BCUT2D eigenvalue weighted by molar-refractivity contribution is 7.59. The molecule has 0 fully saturated rings. The summed E-state index contributed by atoms with van der Waals surface area (Å²) in [5, 5.41) is 0. The molecule has 0 atom stereocenters. The van der Waals surface area contributed by atoms with Gasteiger partial charge in [-0.15, -0.1) is 0 Å². The minimum absolute atomic E-state index is 0. The van der Waals surface area contributed by atoms with E-state index in [4.69, 9.17) is 0 Å². The van der Waals surface area contributed by atoms with Crippen LogP contribution in [-0.4, -0.2) is 12.6 Å². The Kier molecular flexibility index (Phi) is 5.12. The molecule has 0 aliphatic heterocycles. The molecule has 0 aromatic heterocycles. The number of hydrogen-bond donors (Lipinski definition) is 0. The molecule has 0 aromatic carbocycles. The van der Waals surface area contributed by atoms with Gasteiger partial charge >= 0.3 is 6.18 Å². The van der Waals surface area contributed by atoms with Crippen LogP contribution in [0.5, 0.6) is 0 Å². The molecule has 0 unspecified atom stereocenters. The second-order valence-corrected chi connectivity index (χ2v) is 1.21. The van der Waals surface area contributed by atoms with Gasteiger partial charge in [0.2, 0.25) is 6.43 Å². The molecule has 6 heteroatoms. The molecule has 0 rings (SSSR count). The monoisotopic (exact) mass is 168 g/mol. The number of rotatable bonds is 1. The summed E-state index contributed by atoms with van der Waals surface area (Å²) >= 11 is 0. The summed E-state index contributed by atoms with van der Waals surface area (Å²) in [6.45, 7) is 0. The van der Waals surface area contributed by atoms with Gasteiger partial charge < -0.3 is 0 Å². The Hall–Kier alpha value is -0.0000000000000000555. The SMILES string of the molecule is FC(F)CC(F)(F)F.S. The van der Waals surface area contributed by atoms with Crippen LogP contribution in [0.15, 0.2) is 0 Å². The van der Waals surface area contributed by atoms with Gasteiger partial charge in [0.05, 0.1) is 0 Å². The van der Waals surface area contributed by atoms with Crippen molar-refractivity contribution in [3.63, 3.8) is 0 Å². The number of alkyl halides is 5. The molecule has 0 amide bonds. The normalized spacial score (nSPS) is 11.3. The molecule has 0 aliphatic carbocycles. The molecule has 58 valence electrons. The summed E-state index contributed by atoms with van der Waals surface area (Å²) < 4.78 is 54.1. The highest BCUT2D eigenvalue weighted by Gasteiger charge is 2.31. The molecule has 0 aromatic rings. The van der Waals surface area contributed by atoms with Gasteiger partial charge in [0.1, 0.15) is 6.42 Å². The minimum atomic E-state index is -4.73. The van der Waals surface area contributed by atoms with Crippen LogP contribution in [0.3, 0.4) is 0 Å². The van der Waals surface area contributed by atoms with Crippen molar-refractivity contribution in [2.75, 3.05) is 0 Å². The maximum atomic E-state index is 10.8. The van der Waals surface area contributed by atoms with Crippen molar-refractivity contribution < 1.29 is 22.0 Å². The molecule has 0 bridgehead atoms. The summed E-state index contributed by atoms with van der Waals surface area (Å²) in [6.07, 6.45) is -10.0. The molecule has 9 heavy (non-hydrogen) atoms. The molecule has 0 N–H and O–H groups in total. The lowest BCUT2D eigenvalue weighted by atomic mass is 10.4. The Bertz CT molecular complexity index is 67.1. The highest BCUT2D eigenvalue weighted by atomic mass is 32.1. The summed E-state index contributed by atoms with van der Waals surface area (Å²) in [7, 11) is 0. The van der Waals surface area contributed by atoms with E-state index in [9.17, 15) is 22.0 Å². The lowest BCUT2D eigenvalue weighted by molar-refractivity contribution is -0.158. The zero-order valence-corrected chi connectivity index (χ0v) is 5.17. The van der Waals surface area contributed by atoms with Gasteiger partial charge in [-0.3, -0.25) is 0 Å². The molecule has 0 saturated carbocycles. The van der Waals surface area contributed by atoms with E-state index in [2.05, 4.69) is 0 Å². The molecule has 0 nitrogen and oxygen atoms in total. The number of hydrogen-bond acceptors (Lipinski definition) is 0. The maximum absolute atomic E-state index is 10.8. The first-order chi connectivity index (χ1) is 3.42. The lowest BCUT2D eigenvalue weighted by Gasteiger charge is -2.02. The highest BCUT2D eigenvalue weighted by Crippen LogP contribution is 2.22. The van der Waals surface area contributed by atoms with Gasteiger partial charge in [-0.1, -0.05) is 0 Å². The fraction of sp³-hybridized carbons (Fsp3) is 1.00. The zero-order valence-electron chi connectivity index (χ0n) is 4.17. The fourth-order valence-corrected chi connectivity index (χ4v) is 0.175. The second-order valence-electron chi connectivity index (χ2n) is 1.21. The van der Waals surface area contributed by atoms with Gasteiger partial charge in [0.15, 0.2) is 0 Å². The molecule has 0 saturated heterocycles. The van der Waals surface area contributed by atoms with E-state index in [1.54, 1.807) is 0 Å². The third kappa shape index (κ3) is 11.5.